The van der Waals surface area contributed by atoms with Gasteiger partial charge in [-0.15, -0.1) is 0 Å². The monoisotopic (exact) mass is 406 g/mol. The molecule has 0 aliphatic carbocycles. The van der Waals surface area contributed by atoms with E-state index in [-0.39, 0.29) is 18.1 Å². The number of morpholine rings is 1. The number of hydrogen-bond donors (Lipinski definition) is 2. The SMILES string of the molecule is COc1ccc(-c2cnc(C3COCCN3C(=O)NC(C)c3ccccc3)[nH]2)cc1. The predicted octanol–water partition coefficient (Wildman–Crippen LogP) is 3.93. The van der Waals surface area contributed by atoms with Crippen molar-refractivity contribution in [1.82, 2.24) is 20.2 Å². The lowest BCUT2D eigenvalue weighted by molar-refractivity contribution is 0.00840. The molecule has 156 valence electrons. The highest BCUT2D eigenvalue weighted by Gasteiger charge is 2.31. The lowest BCUT2D eigenvalue weighted by atomic mass is 10.1. The number of nitrogens with zero attached hydrogens (tertiary/aromatic N) is 2. The molecule has 0 radical (unpaired) electrons. The van der Waals surface area contributed by atoms with Gasteiger partial charge in [0.1, 0.15) is 17.6 Å². The molecule has 3 aromatic rings. The molecule has 2 atom stereocenters. The third-order valence-electron chi connectivity index (χ3n) is 5.34. The summed E-state index contributed by atoms with van der Waals surface area (Å²) in [5, 5.41) is 3.09. The molecule has 4 rings (SSSR count). The van der Waals surface area contributed by atoms with Gasteiger partial charge in [0.2, 0.25) is 0 Å². The van der Waals surface area contributed by atoms with Gasteiger partial charge in [-0.1, -0.05) is 30.3 Å². The number of H-pyrrole nitrogens is 1. The van der Waals surface area contributed by atoms with E-state index in [1.807, 2.05) is 61.5 Å². The van der Waals surface area contributed by atoms with Gasteiger partial charge >= 0.3 is 6.03 Å². The quantitative estimate of drug-likeness (QED) is 0.673. The van der Waals surface area contributed by atoms with Crippen molar-refractivity contribution in [3.05, 3.63) is 72.2 Å². The van der Waals surface area contributed by atoms with E-state index in [1.165, 1.54) is 0 Å². The number of benzene rings is 2. The van der Waals surface area contributed by atoms with Crippen molar-refractivity contribution in [3.8, 4) is 17.0 Å². The first-order valence-electron chi connectivity index (χ1n) is 10.0. The number of nitrogens with one attached hydrogen (secondary N) is 2. The van der Waals surface area contributed by atoms with Gasteiger partial charge in [-0.3, -0.25) is 0 Å². The van der Waals surface area contributed by atoms with Crippen LogP contribution in [-0.2, 0) is 4.74 Å². The first kappa shape index (κ1) is 20.0. The summed E-state index contributed by atoms with van der Waals surface area (Å²) in [6.45, 7) is 3.41. The highest BCUT2D eigenvalue weighted by Crippen LogP contribution is 2.26. The lowest BCUT2D eigenvalue weighted by Crippen LogP contribution is -2.48. The van der Waals surface area contributed by atoms with Crippen LogP contribution in [0.2, 0.25) is 0 Å². The normalized spacial score (nSPS) is 17.4. The van der Waals surface area contributed by atoms with Crippen LogP contribution in [0.15, 0.2) is 60.8 Å². The molecular weight excluding hydrogens is 380 g/mol. The van der Waals surface area contributed by atoms with Crippen LogP contribution >= 0.6 is 0 Å². The van der Waals surface area contributed by atoms with Crippen molar-refractivity contribution in [3.63, 3.8) is 0 Å². The van der Waals surface area contributed by atoms with E-state index in [9.17, 15) is 4.79 Å². The average molecular weight is 406 g/mol. The van der Waals surface area contributed by atoms with Gasteiger partial charge in [0.05, 0.1) is 38.3 Å². The summed E-state index contributed by atoms with van der Waals surface area (Å²) < 4.78 is 10.9. The summed E-state index contributed by atoms with van der Waals surface area (Å²) >= 11 is 0. The maximum absolute atomic E-state index is 13.0. The number of carbonyl (C=O) groups is 1. The second kappa shape index (κ2) is 9.00. The van der Waals surface area contributed by atoms with Crippen LogP contribution in [0.3, 0.4) is 0 Å². The molecule has 7 heteroatoms. The molecule has 30 heavy (non-hydrogen) atoms. The highest BCUT2D eigenvalue weighted by atomic mass is 16.5. The number of aromatic amines is 1. The lowest BCUT2D eigenvalue weighted by Gasteiger charge is -2.35. The number of imidazole rings is 1. The van der Waals surface area contributed by atoms with E-state index >= 15 is 0 Å². The molecule has 1 saturated heterocycles. The average Bonchev–Trinajstić information content (AvgIpc) is 3.30. The molecule has 2 aromatic carbocycles. The van der Waals surface area contributed by atoms with Crippen LogP contribution in [0, 0.1) is 0 Å². The third-order valence-corrected chi connectivity index (χ3v) is 5.34. The smallest absolute Gasteiger partial charge is 0.318 e. The second-order valence-electron chi connectivity index (χ2n) is 7.28. The number of aromatic nitrogens is 2. The Bertz CT molecular complexity index is 972. The van der Waals surface area contributed by atoms with Crippen molar-refractivity contribution in [2.24, 2.45) is 0 Å². The zero-order valence-corrected chi connectivity index (χ0v) is 17.2. The molecule has 1 aliphatic rings. The number of urea groups is 1. The van der Waals surface area contributed by atoms with E-state index < -0.39 is 0 Å². The van der Waals surface area contributed by atoms with E-state index in [2.05, 4.69) is 15.3 Å². The van der Waals surface area contributed by atoms with Gasteiger partial charge in [-0.25, -0.2) is 9.78 Å². The number of amides is 2. The predicted molar refractivity (Wildman–Crippen MR) is 114 cm³/mol. The number of carbonyl (C=O) groups excluding carboxylic acids is 1. The number of methoxy groups -OCH3 is 1. The summed E-state index contributed by atoms with van der Waals surface area (Å²) in [6.07, 6.45) is 1.79. The van der Waals surface area contributed by atoms with Gasteiger partial charge in [0.15, 0.2) is 0 Å². The van der Waals surface area contributed by atoms with Crippen molar-refractivity contribution in [1.29, 1.82) is 0 Å². The molecule has 2 heterocycles. The van der Waals surface area contributed by atoms with Crippen molar-refractivity contribution in [2.75, 3.05) is 26.9 Å². The van der Waals surface area contributed by atoms with E-state index in [1.54, 1.807) is 18.2 Å². The van der Waals surface area contributed by atoms with Crippen molar-refractivity contribution in [2.45, 2.75) is 19.0 Å². The van der Waals surface area contributed by atoms with Crippen LogP contribution in [-0.4, -0.2) is 47.8 Å². The fraction of sp³-hybridized carbons (Fsp3) is 0.304. The minimum absolute atomic E-state index is 0.0892. The molecule has 0 bridgehead atoms. The largest absolute Gasteiger partial charge is 0.497 e. The van der Waals surface area contributed by atoms with Gasteiger partial charge in [0.25, 0.3) is 0 Å². The van der Waals surface area contributed by atoms with Crippen LogP contribution in [0.25, 0.3) is 11.3 Å². The Labute approximate surface area is 176 Å². The van der Waals surface area contributed by atoms with Crippen molar-refractivity contribution < 1.29 is 14.3 Å². The molecule has 2 N–H and O–H groups in total. The molecule has 7 nitrogen and oxygen atoms in total. The van der Waals surface area contributed by atoms with Gasteiger partial charge in [-0.2, -0.15) is 0 Å². The van der Waals surface area contributed by atoms with Crippen LogP contribution in [0.4, 0.5) is 4.79 Å². The topological polar surface area (TPSA) is 79.5 Å². The Hall–Kier alpha value is -3.32. The standard InChI is InChI=1S/C23H26N4O3/c1-16(17-6-4-3-5-7-17)25-23(28)27-12-13-30-15-21(27)22-24-14-20(26-22)18-8-10-19(29-2)11-9-18/h3-11,14,16,21H,12-13,15H2,1-2H3,(H,24,26)(H,25,28). The van der Waals surface area contributed by atoms with Crippen LogP contribution in [0.5, 0.6) is 5.75 Å². The Kier molecular flexibility index (Phi) is 5.99. The Morgan fingerprint density at radius 1 is 1.23 bits per heavy atom. The highest BCUT2D eigenvalue weighted by molar-refractivity contribution is 5.75. The van der Waals surface area contributed by atoms with Gasteiger partial charge < -0.3 is 24.7 Å². The van der Waals surface area contributed by atoms with E-state index in [0.717, 1.165) is 22.6 Å². The molecule has 0 spiro atoms. The summed E-state index contributed by atoms with van der Waals surface area (Å²) in [6, 6.07) is 17.2. The number of ether oxygens (including phenoxy) is 2. The van der Waals surface area contributed by atoms with E-state index in [4.69, 9.17) is 9.47 Å². The minimum atomic E-state index is -0.270. The Morgan fingerprint density at radius 3 is 2.73 bits per heavy atom. The second-order valence-corrected chi connectivity index (χ2v) is 7.28. The Morgan fingerprint density at radius 2 is 2.00 bits per heavy atom. The van der Waals surface area contributed by atoms with Crippen molar-refractivity contribution >= 4 is 6.03 Å². The summed E-state index contributed by atoms with van der Waals surface area (Å²) in [5.41, 5.74) is 2.95. The summed E-state index contributed by atoms with van der Waals surface area (Å²) in [5.74, 6) is 1.51. The molecule has 1 fully saturated rings. The molecule has 1 aromatic heterocycles. The van der Waals surface area contributed by atoms with Crippen LogP contribution in [0.1, 0.15) is 30.4 Å². The fourth-order valence-electron chi connectivity index (χ4n) is 3.59. The van der Waals surface area contributed by atoms with E-state index in [0.29, 0.717) is 25.6 Å². The zero-order chi connectivity index (χ0) is 20.9. The number of rotatable bonds is 5. The first-order valence-corrected chi connectivity index (χ1v) is 10.0. The maximum atomic E-state index is 13.0. The third kappa shape index (κ3) is 4.31. The summed E-state index contributed by atoms with van der Waals surface area (Å²) in [4.78, 5) is 22.7. The summed E-state index contributed by atoms with van der Waals surface area (Å²) in [7, 11) is 1.64. The molecule has 1 aliphatic heterocycles. The molecule has 2 unspecified atom stereocenters. The maximum Gasteiger partial charge on any atom is 0.318 e. The number of hydrogen-bond acceptors (Lipinski definition) is 4. The fourth-order valence-corrected chi connectivity index (χ4v) is 3.59. The van der Waals surface area contributed by atoms with Gasteiger partial charge in [0, 0.05) is 6.54 Å². The first-order chi connectivity index (χ1) is 14.7. The van der Waals surface area contributed by atoms with Gasteiger partial charge in [-0.05, 0) is 42.3 Å². The zero-order valence-electron chi connectivity index (χ0n) is 17.2. The Balaban J connectivity index is 1.49. The molecule has 2 amide bonds. The molecule has 0 saturated carbocycles. The van der Waals surface area contributed by atoms with Crippen LogP contribution < -0.4 is 10.1 Å². The minimum Gasteiger partial charge on any atom is -0.497 e. The molecular formula is C23H26N4O3.